The molecule has 0 bridgehead atoms. The van der Waals surface area contributed by atoms with Gasteiger partial charge < -0.3 is 10.6 Å². The summed E-state index contributed by atoms with van der Waals surface area (Å²) in [6.07, 6.45) is 8.19. The highest BCUT2D eigenvalue weighted by Crippen LogP contribution is 2.08. The lowest BCUT2D eigenvalue weighted by Crippen LogP contribution is -2.44. The van der Waals surface area contributed by atoms with Gasteiger partial charge in [-0.15, -0.1) is 0 Å². The molecule has 1 unspecified atom stereocenters. The van der Waals surface area contributed by atoms with Crippen molar-refractivity contribution in [3.05, 3.63) is 23.9 Å². The summed E-state index contributed by atoms with van der Waals surface area (Å²) in [6, 6.07) is 0. The van der Waals surface area contributed by atoms with Gasteiger partial charge in [0.15, 0.2) is 0 Å². The Morgan fingerprint density at radius 3 is 3.07 bits per heavy atom. The molecule has 0 aromatic rings. The van der Waals surface area contributed by atoms with E-state index in [1.165, 1.54) is 18.5 Å². The van der Waals surface area contributed by atoms with Crippen LogP contribution >= 0.6 is 0 Å². The Hall–Kier alpha value is -0.800. The largest absolute Gasteiger partial charge is 0.372 e. The molecule has 0 radical (unpaired) electrons. The first-order valence-corrected chi connectivity index (χ1v) is 5.42. The highest BCUT2D eigenvalue weighted by molar-refractivity contribution is 5.21. The lowest BCUT2D eigenvalue weighted by molar-refractivity contribution is 0.225. The van der Waals surface area contributed by atoms with Gasteiger partial charge in [0, 0.05) is 25.8 Å². The monoisotopic (exact) mass is 193 g/mol. The molecule has 2 aliphatic rings. The second kappa shape index (κ2) is 4.62. The van der Waals surface area contributed by atoms with Gasteiger partial charge in [0.2, 0.25) is 0 Å². The topological polar surface area (TPSA) is 27.3 Å². The maximum absolute atomic E-state index is 3.42. The number of rotatable bonds is 1. The Kier molecular flexibility index (Phi) is 3.22. The molecular formula is C11H19N3. The van der Waals surface area contributed by atoms with Gasteiger partial charge in [0.25, 0.3) is 0 Å². The van der Waals surface area contributed by atoms with Crippen molar-refractivity contribution >= 4 is 0 Å². The second-order valence-electron chi connectivity index (χ2n) is 4.00. The fourth-order valence-corrected chi connectivity index (χ4v) is 1.94. The van der Waals surface area contributed by atoms with E-state index in [0.29, 0.717) is 6.17 Å². The number of nitrogens with one attached hydrogen (secondary N) is 2. The van der Waals surface area contributed by atoms with Crippen molar-refractivity contribution < 1.29 is 0 Å². The van der Waals surface area contributed by atoms with E-state index < -0.39 is 0 Å². The van der Waals surface area contributed by atoms with Crippen molar-refractivity contribution in [3.8, 4) is 0 Å². The van der Waals surface area contributed by atoms with Crippen molar-refractivity contribution in [2.75, 3.05) is 26.2 Å². The van der Waals surface area contributed by atoms with Gasteiger partial charge >= 0.3 is 0 Å². The molecule has 0 aromatic heterocycles. The summed E-state index contributed by atoms with van der Waals surface area (Å²) in [7, 11) is 0. The molecule has 1 saturated heterocycles. The summed E-state index contributed by atoms with van der Waals surface area (Å²) in [4.78, 5) is 2.49. The van der Waals surface area contributed by atoms with E-state index in [1.54, 1.807) is 0 Å². The highest BCUT2D eigenvalue weighted by Gasteiger charge is 2.16. The highest BCUT2D eigenvalue weighted by atomic mass is 15.3. The third-order valence-electron chi connectivity index (χ3n) is 2.79. The molecular weight excluding hydrogens is 174 g/mol. The average molecular weight is 193 g/mol. The zero-order valence-corrected chi connectivity index (χ0v) is 8.79. The fourth-order valence-electron chi connectivity index (χ4n) is 1.94. The van der Waals surface area contributed by atoms with Crippen LogP contribution in [-0.4, -0.2) is 37.2 Å². The van der Waals surface area contributed by atoms with Crippen LogP contribution in [-0.2, 0) is 0 Å². The Balaban J connectivity index is 1.91. The van der Waals surface area contributed by atoms with Gasteiger partial charge in [-0.05, 0) is 31.5 Å². The van der Waals surface area contributed by atoms with Crippen LogP contribution in [0.5, 0.6) is 0 Å². The lowest BCUT2D eigenvalue weighted by Gasteiger charge is -2.30. The molecule has 78 valence electrons. The van der Waals surface area contributed by atoms with Crippen LogP contribution in [0.25, 0.3) is 0 Å². The summed E-state index contributed by atoms with van der Waals surface area (Å²) >= 11 is 0. The standard InChI is InChI=1S/C11H19N3/c1-10-3-4-11(13-9-10)14-7-2-5-12-6-8-14/h3-4,9,11-13H,2,5-8H2,1H3. The van der Waals surface area contributed by atoms with Crippen molar-refractivity contribution in [1.82, 2.24) is 15.5 Å². The van der Waals surface area contributed by atoms with Gasteiger partial charge in [-0.25, -0.2) is 0 Å². The molecule has 2 aliphatic heterocycles. The predicted octanol–water partition coefficient (Wildman–Crippen LogP) is 0.671. The van der Waals surface area contributed by atoms with Crippen LogP contribution in [0.4, 0.5) is 0 Å². The lowest BCUT2D eigenvalue weighted by atomic mass is 10.2. The molecule has 2 N–H and O–H groups in total. The number of hydrogen-bond donors (Lipinski definition) is 2. The number of hydrogen-bond acceptors (Lipinski definition) is 3. The first-order chi connectivity index (χ1) is 6.86. The van der Waals surface area contributed by atoms with E-state index in [2.05, 4.69) is 40.8 Å². The maximum Gasteiger partial charge on any atom is 0.0985 e. The van der Waals surface area contributed by atoms with E-state index in [1.807, 2.05) is 0 Å². The molecule has 1 fully saturated rings. The van der Waals surface area contributed by atoms with Gasteiger partial charge in [-0.2, -0.15) is 0 Å². The Labute approximate surface area is 85.9 Å². The van der Waals surface area contributed by atoms with E-state index in [9.17, 15) is 0 Å². The third kappa shape index (κ3) is 2.36. The number of nitrogens with zero attached hydrogens (tertiary/aromatic N) is 1. The van der Waals surface area contributed by atoms with Crippen LogP contribution in [0.2, 0.25) is 0 Å². The third-order valence-corrected chi connectivity index (χ3v) is 2.79. The van der Waals surface area contributed by atoms with Crippen LogP contribution in [0.1, 0.15) is 13.3 Å². The van der Waals surface area contributed by atoms with Crippen LogP contribution < -0.4 is 10.6 Å². The van der Waals surface area contributed by atoms with E-state index in [4.69, 9.17) is 0 Å². The molecule has 3 nitrogen and oxygen atoms in total. The van der Waals surface area contributed by atoms with E-state index >= 15 is 0 Å². The fraction of sp³-hybridized carbons (Fsp3) is 0.636. The zero-order chi connectivity index (χ0) is 9.80. The summed E-state index contributed by atoms with van der Waals surface area (Å²) in [5, 5.41) is 6.83. The molecule has 2 heterocycles. The molecule has 14 heavy (non-hydrogen) atoms. The van der Waals surface area contributed by atoms with Gasteiger partial charge in [-0.1, -0.05) is 6.08 Å². The molecule has 1 atom stereocenters. The Morgan fingerprint density at radius 1 is 1.36 bits per heavy atom. The van der Waals surface area contributed by atoms with Crippen molar-refractivity contribution in [1.29, 1.82) is 0 Å². The van der Waals surface area contributed by atoms with Crippen LogP contribution in [0.3, 0.4) is 0 Å². The van der Waals surface area contributed by atoms with Crippen molar-refractivity contribution in [2.24, 2.45) is 0 Å². The van der Waals surface area contributed by atoms with Crippen molar-refractivity contribution in [2.45, 2.75) is 19.5 Å². The summed E-state index contributed by atoms with van der Waals surface area (Å²) in [5.74, 6) is 0. The quantitative estimate of drug-likeness (QED) is 0.641. The summed E-state index contributed by atoms with van der Waals surface area (Å²) in [5.41, 5.74) is 1.30. The van der Waals surface area contributed by atoms with E-state index in [-0.39, 0.29) is 0 Å². The minimum atomic E-state index is 0.401. The minimum Gasteiger partial charge on any atom is -0.372 e. The van der Waals surface area contributed by atoms with Crippen molar-refractivity contribution in [3.63, 3.8) is 0 Å². The molecule has 0 aliphatic carbocycles. The molecule has 0 saturated carbocycles. The smallest absolute Gasteiger partial charge is 0.0985 e. The van der Waals surface area contributed by atoms with Gasteiger partial charge in [-0.3, -0.25) is 4.90 Å². The van der Waals surface area contributed by atoms with Crippen LogP contribution in [0, 0.1) is 0 Å². The molecule has 3 heteroatoms. The number of dihydropyridines is 1. The maximum atomic E-state index is 3.42. The average Bonchev–Trinajstić information content (AvgIpc) is 2.47. The minimum absolute atomic E-state index is 0.401. The predicted molar refractivity (Wildman–Crippen MR) is 58.9 cm³/mol. The second-order valence-corrected chi connectivity index (χ2v) is 4.00. The van der Waals surface area contributed by atoms with Gasteiger partial charge in [0.05, 0.1) is 6.17 Å². The van der Waals surface area contributed by atoms with Crippen LogP contribution in [0.15, 0.2) is 23.9 Å². The first-order valence-electron chi connectivity index (χ1n) is 5.42. The Bertz CT molecular complexity index is 237. The SMILES string of the molecule is CC1=CNC(N2CCCNCC2)C=C1. The normalized spacial score (nSPS) is 29.2. The summed E-state index contributed by atoms with van der Waals surface area (Å²) in [6.45, 7) is 6.69. The van der Waals surface area contributed by atoms with E-state index in [0.717, 1.165) is 19.6 Å². The Morgan fingerprint density at radius 2 is 2.29 bits per heavy atom. The zero-order valence-electron chi connectivity index (χ0n) is 8.79. The molecule has 0 aromatic carbocycles. The number of allylic oxidation sites excluding steroid dienone is 2. The molecule has 0 amide bonds. The molecule has 2 rings (SSSR count). The first kappa shape index (κ1) is 9.74. The van der Waals surface area contributed by atoms with Gasteiger partial charge in [0.1, 0.15) is 0 Å². The summed E-state index contributed by atoms with van der Waals surface area (Å²) < 4.78 is 0. The molecule has 0 spiro atoms.